The van der Waals surface area contributed by atoms with Crippen molar-refractivity contribution in [2.24, 2.45) is 0 Å². The highest BCUT2D eigenvalue weighted by molar-refractivity contribution is 7.99. The van der Waals surface area contributed by atoms with Gasteiger partial charge in [-0.25, -0.2) is 4.79 Å². The molecule has 0 aliphatic carbocycles. The lowest BCUT2D eigenvalue weighted by atomic mass is 10.2. The number of carbonyl (C=O) groups is 1. The van der Waals surface area contributed by atoms with Crippen molar-refractivity contribution in [2.75, 3.05) is 18.2 Å². The Labute approximate surface area is 69.7 Å². The average Bonchev–Trinajstić information content (AvgIpc) is 2.14. The van der Waals surface area contributed by atoms with Crippen LogP contribution in [-0.4, -0.2) is 35.4 Å². The van der Waals surface area contributed by atoms with Gasteiger partial charge < -0.3 is 15.7 Å². The van der Waals surface area contributed by atoms with Crippen LogP contribution in [-0.2, 0) is 0 Å². The average molecular weight is 176 g/mol. The van der Waals surface area contributed by atoms with Gasteiger partial charge >= 0.3 is 6.09 Å². The topological polar surface area (TPSA) is 61.4 Å². The van der Waals surface area contributed by atoms with E-state index in [0.29, 0.717) is 0 Å². The number of hydrogen-bond acceptors (Lipinski definition) is 3. The Bertz CT molecular complexity index is 135. The van der Waals surface area contributed by atoms with E-state index in [2.05, 4.69) is 10.6 Å². The summed E-state index contributed by atoms with van der Waals surface area (Å²) < 4.78 is 0. The second-order valence-electron chi connectivity index (χ2n) is 2.45. The van der Waals surface area contributed by atoms with E-state index in [1.54, 1.807) is 11.8 Å². The summed E-state index contributed by atoms with van der Waals surface area (Å²) >= 11 is 1.73. The molecule has 0 aromatic heterocycles. The van der Waals surface area contributed by atoms with Gasteiger partial charge in [-0.05, 0) is 13.0 Å². The first-order valence-electron chi connectivity index (χ1n) is 3.57. The summed E-state index contributed by atoms with van der Waals surface area (Å²) in [5, 5.41) is 14.1. The van der Waals surface area contributed by atoms with Gasteiger partial charge in [-0.3, -0.25) is 0 Å². The predicted molar refractivity (Wildman–Crippen MR) is 44.9 cm³/mol. The maximum atomic E-state index is 10.2. The molecule has 0 spiro atoms. The van der Waals surface area contributed by atoms with Gasteiger partial charge in [0.1, 0.15) is 0 Å². The predicted octanol–water partition coefficient (Wildman–Crippen LogP) is 0.307. The molecule has 5 heteroatoms. The summed E-state index contributed by atoms with van der Waals surface area (Å²) in [6.45, 7) is 0.901. The van der Waals surface area contributed by atoms with Crippen LogP contribution in [0.5, 0.6) is 0 Å². The van der Waals surface area contributed by atoms with Crippen molar-refractivity contribution < 1.29 is 9.90 Å². The van der Waals surface area contributed by atoms with E-state index in [0.717, 1.165) is 24.6 Å². The van der Waals surface area contributed by atoms with Gasteiger partial charge in [-0.1, -0.05) is 0 Å². The van der Waals surface area contributed by atoms with Crippen molar-refractivity contribution in [3.8, 4) is 0 Å². The number of amides is 1. The second kappa shape index (κ2) is 4.46. The molecule has 3 N–H and O–H groups in total. The molecule has 1 unspecified atom stereocenters. The summed E-state index contributed by atoms with van der Waals surface area (Å²) in [6.07, 6.45) is -0.0308. The number of hydrogen-bond donors (Lipinski definition) is 3. The van der Waals surface area contributed by atoms with E-state index < -0.39 is 6.09 Å². The zero-order valence-corrected chi connectivity index (χ0v) is 6.99. The normalized spacial score (nSPS) is 25.6. The van der Waals surface area contributed by atoms with E-state index in [-0.39, 0.29) is 6.04 Å². The Morgan fingerprint density at radius 3 is 3.27 bits per heavy atom. The summed E-state index contributed by atoms with van der Waals surface area (Å²) in [7, 11) is 0. The third-order valence-corrected chi connectivity index (χ3v) is 2.57. The smallest absolute Gasteiger partial charge is 0.404 e. The molecular formula is C6H12N2O2S. The summed E-state index contributed by atoms with van der Waals surface area (Å²) in [4.78, 5) is 10.2. The van der Waals surface area contributed by atoms with E-state index in [9.17, 15) is 4.79 Å². The van der Waals surface area contributed by atoms with Crippen molar-refractivity contribution in [1.82, 2.24) is 10.6 Å². The molecule has 11 heavy (non-hydrogen) atoms. The molecule has 1 rings (SSSR count). The zero-order valence-electron chi connectivity index (χ0n) is 6.17. The van der Waals surface area contributed by atoms with E-state index in [1.807, 2.05) is 0 Å². The number of nitrogens with one attached hydrogen (secondary N) is 2. The molecule has 0 bridgehead atoms. The molecule has 64 valence electrons. The molecule has 0 radical (unpaired) electrons. The summed E-state index contributed by atoms with van der Waals surface area (Å²) in [5.41, 5.74) is 0. The highest BCUT2D eigenvalue weighted by atomic mass is 32.2. The molecule has 1 aliphatic heterocycles. The number of carboxylic acid groups (broad SMARTS) is 1. The third-order valence-electron chi connectivity index (χ3n) is 1.52. The van der Waals surface area contributed by atoms with Crippen molar-refractivity contribution in [2.45, 2.75) is 12.5 Å². The Hall–Kier alpha value is -0.420. The van der Waals surface area contributed by atoms with Gasteiger partial charge in [0.15, 0.2) is 0 Å². The van der Waals surface area contributed by atoms with Crippen LogP contribution in [0.2, 0.25) is 0 Å². The van der Waals surface area contributed by atoms with Gasteiger partial charge in [-0.2, -0.15) is 0 Å². The van der Waals surface area contributed by atoms with Crippen molar-refractivity contribution in [3.05, 3.63) is 0 Å². The molecule has 0 saturated carbocycles. The molecular weight excluding hydrogens is 164 g/mol. The molecule has 1 atom stereocenters. The highest BCUT2D eigenvalue weighted by Gasteiger charge is 2.13. The van der Waals surface area contributed by atoms with Crippen LogP contribution in [0.1, 0.15) is 6.42 Å². The fourth-order valence-electron chi connectivity index (χ4n) is 0.994. The molecule has 4 nitrogen and oxygen atoms in total. The SMILES string of the molecule is O=C(O)NC1CCNCSC1. The zero-order chi connectivity index (χ0) is 8.10. The van der Waals surface area contributed by atoms with Crippen LogP contribution in [0.4, 0.5) is 4.79 Å². The van der Waals surface area contributed by atoms with Crippen molar-refractivity contribution in [3.63, 3.8) is 0 Å². The minimum Gasteiger partial charge on any atom is -0.465 e. The van der Waals surface area contributed by atoms with Crippen LogP contribution < -0.4 is 10.6 Å². The number of thioether (sulfide) groups is 1. The van der Waals surface area contributed by atoms with E-state index in [1.165, 1.54) is 0 Å². The monoisotopic (exact) mass is 176 g/mol. The lowest BCUT2D eigenvalue weighted by Crippen LogP contribution is -2.36. The van der Waals surface area contributed by atoms with Gasteiger partial charge in [0.05, 0.1) is 0 Å². The van der Waals surface area contributed by atoms with Crippen molar-refractivity contribution in [1.29, 1.82) is 0 Å². The fourth-order valence-corrected chi connectivity index (χ4v) is 1.93. The lowest BCUT2D eigenvalue weighted by molar-refractivity contribution is 0.190. The Balaban J connectivity index is 2.25. The van der Waals surface area contributed by atoms with E-state index >= 15 is 0 Å². The molecule has 1 heterocycles. The van der Waals surface area contributed by atoms with Crippen molar-refractivity contribution >= 4 is 17.9 Å². The minimum atomic E-state index is -0.919. The van der Waals surface area contributed by atoms with Crippen LogP contribution in [0.3, 0.4) is 0 Å². The van der Waals surface area contributed by atoms with Crippen LogP contribution >= 0.6 is 11.8 Å². The molecule has 1 fully saturated rings. The van der Waals surface area contributed by atoms with Gasteiger partial charge in [0.25, 0.3) is 0 Å². The second-order valence-corrected chi connectivity index (χ2v) is 3.48. The third kappa shape index (κ3) is 3.48. The van der Waals surface area contributed by atoms with Crippen LogP contribution in [0, 0.1) is 0 Å². The molecule has 0 aromatic carbocycles. The Morgan fingerprint density at radius 2 is 2.55 bits per heavy atom. The summed E-state index contributed by atoms with van der Waals surface area (Å²) in [6, 6.07) is 0.118. The first-order chi connectivity index (χ1) is 5.29. The van der Waals surface area contributed by atoms with Gasteiger partial charge in [0, 0.05) is 17.7 Å². The highest BCUT2D eigenvalue weighted by Crippen LogP contribution is 2.07. The minimum absolute atomic E-state index is 0.118. The lowest BCUT2D eigenvalue weighted by Gasteiger charge is -2.11. The van der Waals surface area contributed by atoms with E-state index in [4.69, 9.17) is 5.11 Å². The molecule has 0 aromatic rings. The standard InChI is InChI=1S/C6H12N2O2S/c9-6(10)8-5-1-2-7-4-11-3-5/h5,7-8H,1-4H2,(H,9,10). The van der Waals surface area contributed by atoms with Crippen LogP contribution in [0.25, 0.3) is 0 Å². The largest absolute Gasteiger partial charge is 0.465 e. The van der Waals surface area contributed by atoms with Crippen LogP contribution in [0.15, 0.2) is 0 Å². The molecule has 1 amide bonds. The Morgan fingerprint density at radius 1 is 1.73 bits per heavy atom. The maximum Gasteiger partial charge on any atom is 0.404 e. The van der Waals surface area contributed by atoms with Gasteiger partial charge in [-0.15, -0.1) is 11.8 Å². The van der Waals surface area contributed by atoms with Gasteiger partial charge in [0.2, 0.25) is 0 Å². The Kier molecular flexibility index (Phi) is 3.51. The summed E-state index contributed by atoms with van der Waals surface area (Å²) in [5.74, 6) is 1.80. The maximum absolute atomic E-state index is 10.2. The molecule has 1 aliphatic rings. The first-order valence-corrected chi connectivity index (χ1v) is 4.72. The first kappa shape index (κ1) is 8.67. The quantitative estimate of drug-likeness (QED) is 0.538. The number of rotatable bonds is 1. The fraction of sp³-hybridized carbons (Fsp3) is 0.833. The molecule has 1 saturated heterocycles.